The molecule has 0 amide bonds. The quantitative estimate of drug-likeness (QED) is 0.592. The molecule has 0 spiro atoms. The summed E-state index contributed by atoms with van der Waals surface area (Å²) in [6.07, 6.45) is 0. The van der Waals surface area contributed by atoms with Gasteiger partial charge in [0.2, 0.25) is 0 Å². The summed E-state index contributed by atoms with van der Waals surface area (Å²) in [4.78, 5) is 10.4. The van der Waals surface area contributed by atoms with E-state index in [0.29, 0.717) is 17.3 Å². The van der Waals surface area contributed by atoms with E-state index in [2.05, 4.69) is 5.32 Å². The molecule has 1 aromatic rings. The minimum absolute atomic E-state index is 0.0584. The van der Waals surface area contributed by atoms with Crippen LogP contribution in [0.5, 0.6) is 0 Å². The fraction of sp³-hybridized carbons (Fsp3) is 0.400. The van der Waals surface area contributed by atoms with Gasteiger partial charge in [0.25, 0.3) is 5.69 Å². The monoisotopic (exact) mass is 226 g/mol. The Balaban J connectivity index is 2.68. The summed E-state index contributed by atoms with van der Waals surface area (Å²) < 4.78 is 0. The number of fused-ring (bicyclic) bond motifs is 1. The van der Waals surface area contributed by atoms with Gasteiger partial charge in [-0.05, 0) is 11.6 Å². The zero-order chi connectivity index (χ0) is 11.2. The number of nitro benzene ring substituents is 1. The van der Waals surface area contributed by atoms with Crippen molar-refractivity contribution in [3.05, 3.63) is 32.8 Å². The lowest BCUT2D eigenvalue weighted by Crippen LogP contribution is -2.18. The number of rotatable bonds is 1. The fourth-order valence-corrected chi connectivity index (χ4v) is 2.07. The maximum Gasteiger partial charge on any atom is 0.294 e. The van der Waals surface area contributed by atoms with Crippen molar-refractivity contribution in [1.29, 1.82) is 0 Å². The summed E-state index contributed by atoms with van der Waals surface area (Å²) in [5, 5.41) is 14.3. The zero-order valence-corrected chi connectivity index (χ0v) is 9.26. The Labute approximate surface area is 92.4 Å². The van der Waals surface area contributed by atoms with Gasteiger partial charge in [-0.2, -0.15) is 0 Å². The molecule has 1 aliphatic heterocycles. The Morgan fingerprint density at radius 3 is 2.80 bits per heavy atom. The van der Waals surface area contributed by atoms with Gasteiger partial charge in [0.1, 0.15) is 5.69 Å². The van der Waals surface area contributed by atoms with Gasteiger partial charge in [-0.15, -0.1) is 0 Å². The average Bonchev–Trinajstić information content (AvgIpc) is 2.41. The highest BCUT2D eigenvalue weighted by molar-refractivity contribution is 6.31. The van der Waals surface area contributed by atoms with E-state index in [1.54, 1.807) is 6.07 Å². The minimum atomic E-state index is -0.404. The van der Waals surface area contributed by atoms with E-state index in [-0.39, 0.29) is 11.1 Å². The van der Waals surface area contributed by atoms with Crippen LogP contribution in [0.25, 0.3) is 0 Å². The van der Waals surface area contributed by atoms with Crippen LogP contribution < -0.4 is 5.32 Å². The van der Waals surface area contributed by atoms with Crippen LogP contribution in [-0.2, 0) is 5.41 Å². The topological polar surface area (TPSA) is 55.2 Å². The van der Waals surface area contributed by atoms with Crippen LogP contribution in [-0.4, -0.2) is 11.5 Å². The lowest BCUT2D eigenvalue weighted by Gasteiger charge is -2.16. The Bertz CT molecular complexity index is 443. The Hall–Kier alpha value is -1.29. The summed E-state index contributed by atoms with van der Waals surface area (Å²) in [5.41, 5.74) is 1.48. The predicted molar refractivity (Wildman–Crippen MR) is 59.6 cm³/mol. The molecular weight excluding hydrogens is 216 g/mol. The number of nitro groups is 1. The highest BCUT2D eigenvalue weighted by Crippen LogP contribution is 2.43. The van der Waals surface area contributed by atoms with Crippen LogP contribution in [0.4, 0.5) is 11.4 Å². The molecule has 2 rings (SSSR count). The van der Waals surface area contributed by atoms with E-state index in [4.69, 9.17) is 11.6 Å². The van der Waals surface area contributed by atoms with Gasteiger partial charge in [-0.25, -0.2) is 0 Å². The van der Waals surface area contributed by atoms with E-state index in [1.807, 2.05) is 13.8 Å². The van der Waals surface area contributed by atoms with E-state index in [0.717, 1.165) is 5.56 Å². The van der Waals surface area contributed by atoms with E-state index in [1.165, 1.54) is 6.07 Å². The maximum absolute atomic E-state index is 10.8. The first kappa shape index (κ1) is 10.2. The second kappa shape index (κ2) is 3.10. The van der Waals surface area contributed by atoms with E-state index in [9.17, 15) is 10.1 Å². The van der Waals surface area contributed by atoms with Gasteiger partial charge in [0.05, 0.1) is 4.92 Å². The molecule has 4 nitrogen and oxygen atoms in total. The summed E-state index contributed by atoms with van der Waals surface area (Å²) in [6.45, 7) is 4.77. The average molecular weight is 227 g/mol. The number of halogens is 1. The number of hydrogen-bond acceptors (Lipinski definition) is 3. The molecule has 0 atom stereocenters. The Morgan fingerprint density at radius 1 is 1.53 bits per heavy atom. The van der Waals surface area contributed by atoms with Crippen molar-refractivity contribution in [3.63, 3.8) is 0 Å². The first-order chi connectivity index (χ1) is 6.92. The maximum atomic E-state index is 10.8. The first-order valence-corrected chi connectivity index (χ1v) is 5.02. The molecule has 80 valence electrons. The van der Waals surface area contributed by atoms with E-state index < -0.39 is 4.92 Å². The van der Waals surface area contributed by atoms with Crippen molar-refractivity contribution in [1.82, 2.24) is 0 Å². The van der Waals surface area contributed by atoms with Gasteiger partial charge >= 0.3 is 0 Å². The van der Waals surface area contributed by atoms with E-state index >= 15 is 0 Å². The molecule has 1 heterocycles. The van der Waals surface area contributed by atoms with Crippen molar-refractivity contribution < 1.29 is 4.92 Å². The van der Waals surface area contributed by atoms with Crippen molar-refractivity contribution in [2.24, 2.45) is 0 Å². The van der Waals surface area contributed by atoms with Crippen molar-refractivity contribution >= 4 is 23.0 Å². The van der Waals surface area contributed by atoms with Gasteiger partial charge in [-0.1, -0.05) is 25.4 Å². The van der Waals surface area contributed by atoms with Gasteiger partial charge < -0.3 is 5.32 Å². The minimum Gasteiger partial charge on any atom is -0.378 e. The van der Waals surface area contributed by atoms with Crippen LogP contribution in [0.2, 0.25) is 5.02 Å². The number of hydrogen-bond donors (Lipinski definition) is 1. The van der Waals surface area contributed by atoms with Gasteiger partial charge in [-0.3, -0.25) is 10.1 Å². The second-order valence-electron chi connectivity index (χ2n) is 4.34. The first-order valence-electron chi connectivity index (χ1n) is 4.64. The fourth-order valence-electron chi connectivity index (χ4n) is 1.86. The molecule has 0 radical (unpaired) electrons. The zero-order valence-electron chi connectivity index (χ0n) is 8.50. The molecule has 0 aromatic heterocycles. The Morgan fingerprint density at radius 2 is 2.20 bits per heavy atom. The lowest BCUT2D eigenvalue weighted by molar-refractivity contribution is -0.383. The number of benzene rings is 1. The SMILES string of the molecule is CC1(C)CNc2c([N+](=O)[O-])cc(Cl)cc21. The molecule has 5 heteroatoms. The third-order valence-electron chi connectivity index (χ3n) is 2.72. The molecule has 0 bridgehead atoms. The highest BCUT2D eigenvalue weighted by Gasteiger charge is 2.35. The summed E-state index contributed by atoms with van der Waals surface area (Å²) in [7, 11) is 0. The van der Waals surface area contributed by atoms with Crippen LogP contribution >= 0.6 is 11.6 Å². The molecule has 0 unspecified atom stereocenters. The van der Waals surface area contributed by atoms with Crippen molar-refractivity contribution in [3.8, 4) is 0 Å². The smallest absolute Gasteiger partial charge is 0.294 e. The molecule has 1 aliphatic rings. The highest BCUT2D eigenvalue weighted by atomic mass is 35.5. The normalized spacial score (nSPS) is 17.0. The predicted octanol–water partition coefficient (Wildman–Crippen LogP) is 2.95. The van der Waals surface area contributed by atoms with Crippen LogP contribution in [0.15, 0.2) is 12.1 Å². The molecule has 0 aliphatic carbocycles. The molecule has 1 aromatic carbocycles. The summed E-state index contributed by atoms with van der Waals surface area (Å²) >= 11 is 5.87. The van der Waals surface area contributed by atoms with Crippen LogP contribution in [0, 0.1) is 10.1 Å². The summed E-state index contributed by atoms with van der Waals surface area (Å²) in [5.74, 6) is 0. The molecule has 1 N–H and O–H groups in total. The molecular formula is C10H11ClN2O2. The largest absolute Gasteiger partial charge is 0.378 e. The number of anilines is 1. The third-order valence-corrected chi connectivity index (χ3v) is 2.93. The number of nitrogens with zero attached hydrogens (tertiary/aromatic N) is 1. The van der Waals surface area contributed by atoms with Crippen molar-refractivity contribution in [2.75, 3.05) is 11.9 Å². The number of nitrogens with one attached hydrogen (secondary N) is 1. The van der Waals surface area contributed by atoms with Gasteiger partial charge in [0, 0.05) is 23.0 Å². The lowest BCUT2D eigenvalue weighted by atomic mass is 9.87. The summed E-state index contributed by atoms with van der Waals surface area (Å²) in [6, 6.07) is 3.18. The second-order valence-corrected chi connectivity index (χ2v) is 4.78. The third kappa shape index (κ3) is 1.55. The molecule has 15 heavy (non-hydrogen) atoms. The molecule has 0 saturated heterocycles. The molecule has 0 saturated carbocycles. The van der Waals surface area contributed by atoms with Gasteiger partial charge in [0.15, 0.2) is 0 Å². The van der Waals surface area contributed by atoms with Crippen molar-refractivity contribution in [2.45, 2.75) is 19.3 Å². The van der Waals surface area contributed by atoms with Crippen LogP contribution in [0.3, 0.4) is 0 Å². The molecule has 0 fully saturated rings. The van der Waals surface area contributed by atoms with Crippen LogP contribution in [0.1, 0.15) is 19.4 Å². The Kier molecular flexibility index (Phi) is 2.12. The standard InChI is InChI=1S/C10H11ClN2O2/c1-10(2)5-12-9-7(10)3-6(11)4-8(9)13(14)15/h3-4,12H,5H2,1-2H3.